The van der Waals surface area contributed by atoms with E-state index in [9.17, 15) is 13.2 Å². The molecule has 0 saturated carbocycles. The summed E-state index contributed by atoms with van der Waals surface area (Å²) in [5.74, 6) is 0.194. The average Bonchev–Trinajstić information content (AvgIpc) is 3.13. The van der Waals surface area contributed by atoms with Crippen molar-refractivity contribution in [2.75, 3.05) is 33.4 Å². The van der Waals surface area contributed by atoms with E-state index in [4.69, 9.17) is 4.74 Å². The molecule has 0 bridgehead atoms. The highest BCUT2D eigenvalue weighted by molar-refractivity contribution is 7.89. The number of nitrogens with zero attached hydrogens (tertiary/aromatic N) is 2. The Hall–Kier alpha value is -1.38. The van der Waals surface area contributed by atoms with E-state index in [1.165, 1.54) is 19.3 Å². The van der Waals surface area contributed by atoms with Crippen LogP contribution < -0.4 is 4.72 Å². The minimum Gasteiger partial charge on any atom is -0.381 e. The molecule has 0 spiro atoms. The standard InChI is InChI=1S/C14H23N3O4S/c1-4-17(8-11-5-6-21-10-11)14(18)13-7-12(9-16(13)3)22(19,20)15-2/h7,9,11,15H,4-6,8,10H2,1-3H3/t11-/m1/s1. The number of carbonyl (C=O) groups is 1. The number of nitrogens with one attached hydrogen (secondary N) is 1. The van der Waals surface area contributed by atoms with Gasteiger partial charge in [-0.25, -0.2) is 13.1 Å². The summed E-state index contributed by atoms with van der Waals surface area (Å²) < 4.78 is 32.8. The maximum absolute atomic E-state index is 12.7. The number of hydrogen-bond donors (Lipinski definition) is 1. The summed E-state index contributed by atoms with van der Waals surface area (Å²) in [7, 11) is -0.525. The molecule has 1 fully saturated rings. The highest BCUT2D eigenvalue weighted by Crippen LogP contribution is 2.18. The summed E-state index contributed by atoms with van der Waals surface area (Å²) >= 11 is 0. The Bertz CT molecular complexity index is 633. The molecule has 1 atom stereocenters. The SMILES string of the molecule is CCN(C[C@H]1CCOC1)C(=O)c1cc(S(=O)(=O)NC)cn1C. The van der Waals surface area contributed by atoms with E-state index < -0.39 is 10.0 Å². The van der Waals surface area contributed by atoms with Gasteiger partial charge in [-0.2, -0.15) is 0 Å². The first kappa shape index (κ1) is 17.0. The van der Waals surface area contributed by atoms with Crippen molar-refractivity contribution >= 4 is 15.9 Å². The third-order valence-corrected chi connectivity index (χ3v) is 5.33. The summed E-state index contributed by atoms with van der Waals surface area (Å²) in [6.45, 7) is 4.55. The van der Waals surface area contributed by atoms with Crippen LogP contribution in [0.25, 0.3) is 0 Å². The van der Waals surface area contributed by atoms with Gasteiger partial charge in [-0.3, -0.25) is 4.79 Å². The van der Waals surface area contributed by atoms with E-state index >= 15 is 0 Å². The van der Waals surface area contributed by atoms with E-state index in [2.05, 4.69) is 4.72 Å². The Balaban J connectivity index is 2.20. The molecule has 1 saturated heterocycles. The molecule has 7 nitrogen and oxygen atoms in total. The summed E-state index contributed by atoms with van der Waals surface area (Å²) in [6, 6.07) is 1.42. The van der Waals surface area contributed by atoms with Gasteiger partial charge in [-0.15, -0.1) is 0 Å². The van der Waals surface area contributed by atoms with Crippen LogP contribution in [0.15, 0.2) is 17.2 Å². The maximum Gasteiger partial charge on any atom is 0.270 e. The molecule has 1 N–H and O–H groups in total. The molecule has 0 aliphatic carbocycles. The van der Waals surface area contributed by atoms with Crippen molar-refractivity contribution in [3.63, 3.8) is 0 Å². The second kappa shape index (κ2) is 6.80. The summed E-state index contributed by atoms with van der Waals surface area (Å²) in [6.07, 6.45) is 2.40. The number of carbonyl (C=O) groups excluding carboxylic acids is 1. The van der Waals surface area contributed by atoms with Gasteiger partial charge in [0, 0.05) is 38.9 Å². The lowest BCUT2D eigenvalue weighted by Crippen LogP contribution is -2.36. The van der Waals surface area contributed by atoms with Gasteiger partial charge in [-0.1, -0.05) is 0 Å². The molecular formula is C14H23N3O4S. The number of amides is 1. The second-order valence-electron chi connectivity index (χ2n) is 5.45. The fourth-order valence-electron chi connectivity index (χ4n) is 2.57. The Kier molecular flexibility index (Phi) is 5.25. The molecule has 0 radical (unpaired) electrons. The molecule has 22 heavy (non-hydrogen) atoms. The average molecular weight is 329 g/mol. The van der Waals surface area contributed by atoms with Crippen molar-refractivity contribution in [2.45, 2.75) is 18.2 Å². The van der Waals surface area contributed by atoms with Gasteiger partial charge >= 0.3 is 0 Å². The number of hydrogen-bond acceptors (Lipinski definition) is 4. The number of ether oxygens (including phenoxy) is 1. The molecule has 8 heteroatoms. The Labute approximate surface area is 131 Å². The highest BCUT2D eigenvalue weighted by atomic mass is 32.2. The van der Waals surface area contributed by atoms with Crippen LogP contribution >= 0.6 is 0 Å². The smallest absolute Gasteiger partial charge is 0.270 e. The van der Waals surface area contributed by atoms with Crippen LogP contribution in [0.2, 0.25) is 0 Å². The van der Waals surface area contributed by atoms with Crippen molar-refractivity contribution in [3.05, 3.63) is 18.0 Å². The first-order valence-electron chi connectivity index (χ1n) is 7.36. The second-order valence-corrected chi connectivity index (χ2v) is 7.34. The molecule has 0 aromatic carbocycles. The zero-order valence-corrected chi connectivity index (χ0v) is 14.0. The van der Waals surface area contributed by atoms with Gasteiger partial charge in [0.05, 0.1) is 6.61 Å². The third-order valence-electron chi connectivity index (χ3n) is 3.95. The lowest BCUT2D eigenvalue weighted by molar-refractivity contribution is 0.0721. The third kappa shape index (κ3) is 3.50. The van der Waals surface area contributed by atoms with Gasteiger partial charge < -0.3 is 14.2 Å². The minimum absolute atomic E-state index is 0.0982. The quantitative estimate of drug-likeness (QED) is 0.821. The highest BCUT2D eigenvalue weighted by Gasteiger charge is 2.25. The van der Waals surface area contributed by atoms with Crippen molar-refractivity contribution in [3.8, 4) is 0 Å². The first-order valence-corrected chi connectivity index (χ1v) is 8.84. The predicted molar refractivity (Wildman–Crippen MR) is 82.2 cm³/mol. The summed E-state index contributed by atoms with van der Waals surface area (Å²) in [5.41, 5.74) is 0.370. The van der Waals surface area contributed by atoms with E-state index in [1.807, 2.05) is 6.92 Å². The van der Waals surface area contributed by atoms with E-state index in [1.54, 1.807) is 16.5 Å². The molecule has 2 heterocycles. The Morgan fingerprint density at radius 1 is 1.55 bits per heavy atom. The zero-order valence-electron chi connectivity index (χ0n) is 13.2. The van der Waals surface area contributed by atoms with Crippen LogP contribution in [0.5, 0.6) is 0 Å². The molecule has 1 aromatic heterocycles. The summed E-state index contributed by atoms with van der Waals surface area (Å²) in [5, 5.41) is 0. The molecule has 1 aliphatic rings. The molecule has 1 aliphatic heterocycles. The topological polar surface area (TPSA) is 80.6 Å². The van der Waals surface area contributed by atoms with E-state index in [0.29, 0.717) is 31.3 Å². The van der Waals surface area contributed by atoms with Gasteiger partial charge in [0.25, 0.3) is 5.91 Å². The molecule has 1 aromatic rings. The number of sulfonamides is 1. The van der Waals surface area contributed by atoms with Crippen LogP contribution in [-0.2, 0) is 21.8 Å². The number of aryl methyl sites for hydroxylation is 1. The molecule has 124 valence electrons. The Morgan fingerprint density at radius 2 is 2.27 bits per heavy atom. The van der Waals surface area contributed by atoms with E-state index in [0.717, 1.165) is 13.0 Å². The molecule has 1 amide bonds. The van der Waals surface area contributed by atoms with Crippen LogP contribution in [0, 0.1) is 5.92 Å². The monoisotopic (exact) mass is 329 g/mol. The largest absolute Gasteiger partial charge is 0.381 e. The maximum atomic E-state index is 12.7. The fraction of sp³-hybridized carbons (Fsp3) is 0.643. The van der Waals surface area contributed by atoms with Crippen molar-refractivity contribution in [1.29, 1.82) is 0 Å². The Morgan fingerprint density at radius 3 is 2.82 bits per heavy atom. The normalized spacial score (nSPS) is 18.6. The lowest BCUT2D eigenvalue weighted by Gasteiger charge is -2.23. The molecule has 0 unspecified atom stereocenters. The number of rotatable bonds is 6. The van der Waals surface area contributed by atoms with Crippen LogP contribution in [0.4, 0.5) is 0 Å². The van der Waals surface area contributed by atoms with Crippen LogP contribution in [0.3, 0.4) is 0 Å². The number of aromatic nitrogens is 1. The zero-order chi connectivity index (χ0) is 16.3. The molecular weight excluding hydrogens is 306 g/mol. The minimum atomic E-state index is -3.55. The van der Waals surface area contributed by atoms with Crippen molar-refractivity contribution < 1.29 is 17.9 Å². The van der Waals surface area contributed by atoms with Crippen molar-refractivity contribution in [2.24, 2.45) is 13.0 Å². The van der Waals surface area contributed by atoms with Crippen LogP contribution in [0.1, 0.15) is 23.8 Å². The van der Waals surface area contributed by atoms with Gasteiger partial charge in [0.2, 0.25) is 10.0 Å². The van der Waals surface area contributed by atoms with Crippen molar-refractivity contribution in [1.82, 2.24) is 14.2 Å². The van der Waals surface area contributed by atoms with Gasteiger partial charge in [-0.05, 0) is 26.5 Å². The van der Waals surface area contributed by atoms with Gasteiger partial charge in [0.1, 0.15) is 10.6 Å². The van der Waals surface area contributed by atoms with Gasteiger partial charge in [0.15, 0.2) is 0 Å². The van der Waals surface area contributed by atoms with E-state index in [-0.39, 0.29) is 10.8 Å². The molecule has 2 rings (SSSR count). The fourth-order valence-corrected chi connectivity index (χ4v) is 3.37. The lowest BCUT2D eigenvalue weighted by atomic mass is 10.1. The first-order chi connectivity index (χ1) is 10.4. The summed E-state index contributed by atoms with van der Waals surface area (Å²) in [4.78, 5) is 14.5. The van der Waals surface area contributed by atoms with Crippen LogP contribution in [-0.4, -0.2) is 57.1 Å². The predicted octanol–water partition coefficient (Wildman–Crippen LogP) is 0.432.